The fourth-order valence-corrected chi connectivity index (χ4v) is 2.49. The van der Waals surface area contributed by atoms with Gasteiger partial charge >= 0.3 is 6.09 Å². The van der Waals surface area contributed by atoms with Gasteiger partial charge in [-0.05, 0) is 28.8 Å². The monoisotopic (exact) mass is 333 g/mol. The molecule has 3 rings (SSSR count). The number of carbonyl (C=O) groups excluding carboxylic acids is 1. The average Bonchev–Trinajstić information content (AvgIpc) is 2.67. The van der Waals surface area contributed by atoms with Gasteiger partial charge in [0.05, 0.1) is 0 Å². The number of hydrogen-bond acceptors (Lipinski definition) is 3. The minimum absolute atomic E-state index is 0.264. The molecule has 25 heavy (non-hydrogen) atoms. The van der Waals surface area contributed by atoms with Gasteiger partial charge in [0.1, 0.15) is 6.61 Å². The van der Waals surface area contributed by atoms with Crippen molar-refractivity contribution in [2.45, 2.75) is 6.61 Å². The summed E-state index contributed by atoms with van der Waals surface area (Å²) in [6.07, 6.45) is 3.06. The third-order valence-corrected chi connectivity index (χ3v) is 3.96. The Morgan fingerprint density at radius 2 is 1.48 bits per heavy atom. The van der Waals surface area contributed by atoms with Crippen LogP contribution in [0.3, 0.4) is 0 Å². The van der Waals surface area contributed by atoms with Crippen molar-refractivity contribution in [3.8, 4) is 11.1 Å². The fourth-order valence-electron chi connectivity index (χ4n) is 2.49. The first-order valence-electron chi connectivity index (χ1n) is 8.13. The SMILES string of the molecule is CN(C)c1ccc(-c2cc[n+](C(=O)OCc3ccccc3)cc2)cc1. The Morgan fingerprint density at radius 3 is 2.08 bits per heavy atom. The molecule has 0 N–H and O–H groups in total. The van der Waals surface area contributed by atoms with Gasteiger partial charge in [-0.25, -0.2) is 0 Å². The summed E-state index contributed by atoms with van der Waals surface area (Å²) in [6.45, 7) is 0.264. The Morgan fingerprint density at radius 1 is 0.880 bits per heavy atom. The quantitative estimate of drug-likeness (QED) is 0.679. The van der Waals surface area contributed by atoms with Crippen LogP contribution in [0.25, 0.3) is 11.1 Å². The molecule has 0 amide bonds. The van der Waals surface area contributed by atoms with Crippen molar-refractivity contribution in [3.05, 3.63) is 84.7 Å². The van der Waals surface area contributed by atoms with E-state index in [1.165, 1.54) is 4.57 Å². The van der Waals surface area contributed by atoms with E-state index in [0.717, 1.165) is 22.4 Å². The topological polar surface area (TPSA) is 33.4 Å². The van der Waals surface area contributed by atoms with Gasteiger partial charge in [-0.2, -0.15) is 4.79 Å². The Kier molecular flexibility index (Phi) is 5.09. The molecule has 0 bridgehead atoms. The van der Waals surface area contributed by atoms with E-state index in [-0.39, 0.29) is 6.61 Å². The molecule has 126 valence electrons. The van der Waals surface area contributed by atoms with E-state index in [4.69, 9.17) is 4.74 Å². The highest BCUT2D eigenvalue weighted by atomic mass is 16.5. The Bertz CT molecular complexity index is 826. The molecule has 1 aromatic heterocycles. The molecule has 0 atom stereocenters. The van der Waals surface area contributed by atoms with Gasteiger partial charge in [0.2, 0.25) is 0 Å². The molecule has 0 spiro atoms. The van der Waals surface area contributed by atoms with Crippen molar-refractivity contribution < 1.29 is 14.1 Å². The minimum atomic E-state index is -0.390. The van der Waals surface area contributed by atoms with Gasteiger partial charge in [0.25, 0.3) is 0 Å². The number of rotatable bonds is 4. The molecule has 0 saturated heterocycles. The first kappa shape index (κ1) is 16.7. The predicted molar refractivity (Wildman–Crippen MR) is 98.4 cm³/mol. The van der Waals surface area contributed by atoms with Crippen LogP contribution < -0.4 is 9.47 Å². The predicted octanol–water partition coefficient (Wildman–Crippen LogP) is 3.89. The average molecular weight is 333 g/mol. The summed E-state index contributed by atoms with van der Waals surface area (Å²) in [6, 6.07) is 21.8. The molecule has 0 unspecified atom stereocenters. The van der Waals surface area contributed by atoms with Gasteiger partial charge in [-0.3, -0.25) is 0 Å². The highest BCUT2D eigenvalue weighted by Gasteiger charge is 2.16. The molecular formula is C21H21N2O2+. The van der Waals surface area contributed by atoms with E-state index in [2.05, 4.69) is 29.2 Å². The van der Waals surface area contributed by atoms with E-state index >= 15 is 0 Å². The zero-order valence-corrected chi connectivity index (χ0v) is 14.4. The summed E-state index contributed by atoms with van der Waals surface area (Å²) in [5.74, 6) is 0. The Hall–Kier alpha value is -3.14. The van der Waals surface area contributed by atoms with E-state index in [9.17, 15) is 4.79 Å². The van der Waals surface area contributed by atoms with Crippen LogP contribution in [0, 0.1) is 0 Å². The molecular weight excluding hydrogens is 312 g/mol. The van der Waals surface area contributed by atoms with E-state index in [1.807, 2.05) is 56.6 Å². The van der Waals surface area contributed by atoms with Crippen LogP contribution in [0.1, 0.15) is 5.56 Å². The molecule has 0 aliphatic carbocycles. The van der Waals surface area contributed by atoms with Crippen molar-refractivity contribution >= 4 is 11.8 Å². The highest BCUT2D eigenvalue weighted by molar-refractivity contribution is 5.66. The maximum atomic E-state index is 12.1. The zero-order valence-electron chi connectivity index (χ0n) is 14.4. The van der Waals surface area contributed by atoms with Crippen LogP contribution in [-0.2, 0) is 11.3 Å². The highest BCUT2D eigenvalue weighted by Crippen LogP contribution is 2.21. The third-order valence-electron chi connectivity index (χ3n) is 3.96. The number of aromatic nitrogens is 1. The molecule has 0 aliphatic rings. The lowest BCUT2D eigenvalue weighted by atomic mass is 10.1. The maximum Gasteiger partial charge on any atom is 0.602 e. The van der Waals surface area contributed by atoms with Gasteiger partial charge < -0.3 is 9.64 Å². The molecule has 0 aliphatic heterocycles. The van der Waals surface area contributed by atoms with Crippen LogP contribution in [-0.4, -0.2) is 20.2 Å². The normalized spacial score (nSPS) is 10.3. The molecule has 0 fully saturated rings. The van der Waals surface area contributed by atoms with Crippen LogP contribution in [0.5, 0.6) is 0 Å². The molecule has 4 nitrogen and oxygen atoms in total. The number of ether oxygens (including phenoxy) is 1. The Balaban J connectivity index is 1.66. The van der Waals surface area contributed by atoms with Crippen molar-refractivity contribution in [1.82, 2.24) is 0 Å². The zero-order chi connectivity index (χ0) is 17.6. The van der Waals surface area contributed by atoms with Crippen molar-refractivity contribution in [3.63, 3.8) is 0 Å². The van der Waals surface area contributed by atoms with Crippen LogP contribution >= 0.6 is 0 Å². The van der Waals surface area contributed by atoms with Crippen LogP contribution in [0.4, 0.5) is 10.5 Å². The van der Waals surface area contributed by atoms with Gasteiger partial charge in [-0.15, -0.1) is 0 Å². The molecule has 3 aromatic rings. The molecule has 2 aromatic carbocycles. The number of pyridine rings is 1. The van der Waals surface area contributed by atoms with Crippen molar-refractivity contribution in [1.29, 1.82) is 0 Å². The van der Waals surface area contributed by atoms with Gasteiger partial charge in [0.15, 0.2) is 12.4 Å². The smallest absolute Gasteiger partial charge is 0.407 e. The maximum absolute atomic E-state index is 12.1. The summed E-state index contributed by atoms with van der Waals surface area (Å²) in [4.78, 5) is 14.2. The summed E-state index contributed by atoms with van der Waals surface area (Å²) >= 11 is 0. The summed E-state index contributed by atoms with van der Waals surface area (Å²) in [7, 11) is 4.03. The number of nitrogens with zero attached hydrogens (tertiary/aromatic N) is 2. The standard InChI is InChI=1S/C21H21N2O2/c1-22(2)20-10-8-18(9-11-20)19-12-14-23(15-13-19)21(24)25-16-17-6-4-3-5-7-17/h3-15H,16H2,1-2H3/q+1. The lowest BCUT2D eigenvalue weighted by Gasteiger charge is -2.12. The number of anilines is 1. The second kappa shape index (κ2) is 7.62. The molecule has 1 heterocycles. The third kappa shape index (κ3) is 4.23. The van der Waals surface area contributed by atoms with Gasteiger partial charge in [0, 0.05) is 31.9 Å². The van der Waals surface area contributed by atoms with Crippen LogP contribution in [0.2, 0.25) is 0 Å². The number of benzene rings is 2. The van der Waals surface area contributed by atoms with Crippen molar-refractivity contribution in [2.24, 2.45) is 0 Å². The van der Waals surface area contributed by atoms with Crippen LogP contribution in [0.15, 0.2) is 79.1 Å². The molecule has 4 heteroatoms. The minimum Gasteiger partial charge on any atom is -0.407 e. The summed E-state index contributed by atoms with van der Waals surface area (Å²) < 4.78 is 6.77. The first-order chi connectivity index (χ1) is 12.1. The van der Waals surface area contributed by atoms with Gasteiger partial charge in [-0.1, -0.05) is 47.0 Å². The van der Waals surface area contributed by atoms with E-state index < -0.39 is 6.09 Å². The lowest BCUT2D eigenvalue weighted by molar-refractivity contribution is -0.586. The second-order valence-electron chi connectivity index (χ2n) is 5.98. The fraction of sp³-hybridized carbons (Fsp3) is 0.143. The summed E-state index contributed by atoms with van der Waals surface area (Å²) in [5, 5.41) is 0. The molecule has 0 radical (unpaired) electrons. The first-order valence-corrected chi connectivity index (χ1v) is 8.13. The van der Waals surface area contributed by atoms with Crippen molar-refractivity contribution in [2.75, 3.05) is 19.0 Å². The largest absolute Gasteiger partial charge is 0.602 e. The molecule has 0 saturated carbocycles. The Labute approximate surface area is 147 Å². The number of hydrogen-bond donors (Lipinski definition) is 0. The van der Waals surface area contributed by atoms with E-state index in [1.54, 1.807) is 12.4 Å². The number of carbonyl (C=O) groups is 1. The second-order valence-corrected chi connectivity index (χ2v) is 5.98. The summed E-state index contributed by atoms with van der Waals surface area (Å²) in [5.41, 5.74) is 4.28. The van der Waals surface area contributed by atoms with E-state index in [0.29, 0.717) is 0 Å². The lowest BCUT2D eigenvalue weighted by Crippen LogP contribution is -2.42.